The molecule has 0 aromatic carbocycles. The average Bonchev–Trinajstić information content (AvgIpc) is 3.47. The molecule has 0 heterocycles. The minimum atomic E-state index is -0.878. The molecule has 0 aromatic rings. The topological polar surface area (TPSA) is 78.9 Å². The van der Waals surface area contributed by atoms with Crippen molar-refractivity contribution in [1.82, 2.24) is 0 Å². The molecule has 0 radical (unpaired) electrons. The average molecular weight is 1110 g/mol. The smallest absolute Gasteiger partial charge is 0.306 e. The molecule has 0 spiro atoms. The number of ether oxygens (including phenoxy) is 3. The summed E-state index contributed by atoms with van der Waals surface area (Å²) in [6.07, 6.45) is 105. The van der Waals surface area contributed by atoms with Crippen LogP contribution in [0.25, 0.3) is 0 Å². The highest BCUT2D eigenvalue weighted by Crippen LogP contribution is 2.09. The highest BCUT2D eigenvalue weighted by molar-refractivity contribution is 5.71. The number of hydrogen-bond acceptors (Lipinski definition) is 6. The molecule has 6 heteroatoms. The summed E-state index contributed by atoms with van der Waals surface area (Å²) in [5.41, 5.74) is 0. The van der Waals surface area contributed by atoms with E-state index in [-0.39, 0.29) is 44.4 Å². The fourth-order valence-corrected chi connectivity index (χ4v) is 7.16. The second-order valence-electron chi connectivity index (χ2n) is 19.1. The van der Waals surface area contributed by atoms with Crippen molar-refractivity contribution in [3.05, 3.63) is 231 Å². The van der Waals surface area contributed by atoms with Gasteiger partial charge in [-0.25, -0.2) is 0 Å². The molecule has 0 saturated heterocycles. The minimum Gasteiger partial charge on any atom is -0.462 e. The quantitative estimate of drug-likeness (QED) is 0.0261. The fourth-order valence-electron chi connectivity index (χ4n) is 7.16. The van der Waals surface area contributed by atoms with Crippen LogP contribution in [0.4, 0.5) is 0 Å². The third kappa shape index (κ3) is 64.2. The number of carbonyl (C=O) groups is 3. The maximum Gasteiger partial charge on any atom is 0.306 e. The van der Waals surface area contributed by atoms with Crippen LogP contribution in [-0.2, 0) is 28.6 Å². The van der Waals surface area contributed by atoms with Gasteiger partial charge in [0.2, 0.25) is 0 Å². The van der Waals surface area contributed by atoms with Crippen LogP contribution in [0.2, 0.25) is 0 Å². The fraction of sp³-hybridized carbons (Fsp3) is 0.453. The summed E-state index contributed by atoms with van der Waals surface area (Å²) >= 11 is 0. The Balaban J connectivity index is 4.68. The molecule has 0 saturated carbocycles. The zero-order valence-electron chi connectivity index (χ0n) is 50.7. The Morgan fingerprint density at radius 3 is 0.741 bits per heavy atom. The van der Waals surface area contributed by atoms with E-state index in [1.54, 1.807) is 0 Å². The molecule has 0 rings (SSSR count). The van der Waals surface area contributed by atoms with Crippen LogP contribution in [0.5, 0.6) is 0 Å². The number of unbranched alkanes of at least 4 members (excludes halogenated alkanes) is 3. The van der Waals surface area contributed by atoms with E-state index < -0.39 is 12.1 Å². The lowest BCUT2D eigenvalue weighted by Gasteiger charge is -2.18. The Hall–Kier alpha value is -6.53. The molecule has 81 heavy (non-hydrogen) atoms. The van der Waals surface area contributed by atoms with Gasteiger partial charge in [0.15, 0.2) is 6.10 Å². The Labute approximate surface area is 494 Å². The van der Waals surface area contributed by atoms with Crippen molar-refractivity contribution >= 4 is 17.9 Å². The van der Waals surface area contributed by atoms with Crippen LogP contribution < -0.4 is 0 Å². The molecule has 444 valence electrons. The van der Waals surface area contributed by atoms with Crippen molar-refractivity contribution < 1.29 is 28.6 Å². The van der Waals surface area contributed by atoms with Gasteiger partial charge in [0.05, 0.1) is 0 Å². The zero-order chi connectivity index (χ0) is 58.5. The number of hydrogen-bond donors (Lipinski definition) is 0. The zero-order valence-corrected chi connectivity index (χ0v) is 50.7. The van der Waals surface area contributed by atoms with Crippen LogP contribution in [0, 0.1) is 0 Å². The molecule has 0 aliphatic carbocycles. The third-order valence-electron chi connectivity index (χ3n) is 11.7. The van der Waals surface area contributed by atoms with Gasteiger partial charge < -0.3 is 14.2 Å². The largest absolute Gasteiger partial charge is 0.462 e. The predicted octanol–water partition coefficient (Wildman–Crippen LogP) is 21.5. The predicted molar refractivity (Wildman–Crippen MR) is 352 cm³/mol. The van der Waals surface area contributed by atoms with Crippen LogP contribution >= 0.6 is 0 Å². The van der Waals surface area contributed by atoms with Crippen molar-refractivity contribution in [2.45, 2.75) is 207 Å². The van der Waals surface area contributed by atoms with E-state index >= 15 is 0 Å². The van der Waals surface area contributed by atoms with Gasteiger partial charge in [-0.05, 0) is 161 Å². The summed E-state index contributed by atoms with van der Waals surface area (Å²) < 4.78 is 16.7. The van der Waals surface area contributed by atoms with Gasteiger partial charge in [-0.1, -0.05) is 252 Å². The normalized spacial score (nSPS) is 13.8. The summed E-state index contributed by atoms with van der Waals surface area (Å²) in [5.74, 6) is -1.17. The summed E-state index contributed by atoms with van der Waals surface area (Å²) in [6, 6.07) is 0. The Morgan fingerprint density at radius 1 is 0.247 bits per heavy atom. The first kappa shape index (κ1) is 74.5. The Bertz CT molecular complexity index is 2090. The van der Waals surface area contributed by atoms with Gasteiger partial charge in [0, 0.05) is 19.3 Å². The van der Waals surface area contributed by atoms with Gasteiger partial charge in [-0.2, -0.15) is 0 Å². The molecule has 1 unspecified atom stereocenters. The lowest BCUT2D eigenvalue weighted by atomic mass is 10.2. The first-order valence-corrected chi connectivity index (χ1v) is 30.9. The van der Waals surface area contributed by atoms with E-state index in [9.17, 15) is 14.4 Å². The van der Waals surface area contributed by atoms with Crippen molar-refractivity contribution in [3.63, 3.8) is 0 Å². The van der Waals surface area contributed by atoms with Crippen LogP contribution in [0.3, 0.4) is 0 Å². The van der Waals surface area contributed by atoms with Gasteiger partial charge in [-0.3, -0.25) is 14.4 Å². The van der Waals surface area contributed by atoms with E-state index in [2.05, 4.69) is 240 Å². The van der Waals surface area contributed by atoms with Crippen LogP contribution in [-0.4, -0.2) is 37.2 Å². The molecule has 1 atom stereocenters. The highest BCUT2D eigenvalue weighted by atomic mass is 16.6. The number of allylic oxidation sites excluding steroid dienone is 38. The van der Waals surface area contributed by atoms with E-state index in [0.29, 0.717) is 19.3 Å². The molecule has 0 amide bonds. The van der Waals surface area contributed by atoms with Crippen molar-refractivity contribution in [1.29, 1.82) is 0 Å². The summed E-state index contributed by atoms with van der Waals surface area (Å²) in [6.45, 7) is 6.12. The second-order valence-corrected chi connectivity index (χ2v) is 19.1. The molecule has 0 fully saturated rings. The lowest BCUT2D eigenvalue weighted by molar-refractivity contribution is -0.166. The van der Waals surface area contributed by atoms with Crippen LogP contribution in [0.1, 0.15) is 201 Å². The minimum absolute atomic E-state index is 0.164. The van der Waals surface area contributed by atoms with E-state index in [1.807, 2.05) is 12.2 Å². The number of rotatable bonds is 52. The monoisotopic (exact) mass is 1100 g/mol. The number of esters is 3. The van der Waals surface area contributed by atoms with Gasteiger partial charge in [0.1, 0.15) is 13.2 Å². The third-order valence-corrected chi connectivity index (χ3v) is 11.7. The standard InChI is InChI=1S/C75H108O6/c1-4-7-10-13-16-19-22-25-28-31-33-34-35-36-37-38-39-40-42-44-47-50-53-56-59-62-65-68-74(77)80-71-72(70-79-73(76)67-64-61-58-55-52-49-46-43-30-27-24-21-18-15-12-9-6-3)81-75(78)69-66-63-60-57-54-51-48-45-41-32-29-26-23-20-17-14-11-8-5-2/h7-12,16-21,25-30,33-34,36-37,39-41,44-47,49,51,53-56,58,60,63,72H,4-6,13-15,22-24,31-32,35,38,42-43,48,50,52,57,59,61-62,64-71H2,1-3H3/b10-7-,11-8-,12-9-,19-16-,20-17-,21-18-,28-25-,29-26-,30-27-,34-33-,37-36-,40-39-,45-41-,47-44-,49-46-,54-51-,56-53-,58-55-,63-60-. The lowest BCUT2D eigenvalue weighted by Crippen LogP contribution is -2.30. The van der Waals surface area contributed by atoms with Crippen molar-refractivity contribution in [2.75, 3.05) is 13.2 Å². The van der Waals surface area contributed by atoms with E-state index in [4.69, 9.17) is 14.2 Å². The number of carbonyl (C=O) groups excluding carboxylic acids is 3. The van der Waals surface area contributed by atoms with Crippen molar-refractivity contribution in [2.24, 2.45) is 0 Å². The molecule has 0 bridgehead atoms. The highest BCUT2D eigenvalue weighted by Gasteiger charge is 2.19. The first-order valence-electron chi connectivity index (χ1n) is 30.9. The maximum atomic E-state index is 12.9. The molecular formula is C75H108O6. The molecule has 0 aliphatic heterocycles. The van der Waals surface area contributed by atoms with Gasteiger partial charge in [0.25, 0.3) is 0 Å². The summed E-state index contributed by atoms with van der Waals surface area (Å²) in [5, 5.41) is 0. The van der Waals surface area contributed by atoms with E-state index in [1.165, 1.54) is 0 Å². The Morgan fingerprint density at radius 2 is 0.469 bits per heavy atom. The molecule has 0 aliphatic rings. The van der Waals surface area contributed by atoms with E-state index in [0.717, 1.165) is 141 Å². The SMILES string of the molecule is CC/C=C\C/C=C\C/C=C\C/C=C\C/C=C\C/C=C\C/C=C\C/C=C\CCCCC(=O)OCC(COC(=O)CCC/C=C\C/C=C\C/C=C\C/C=C\C/C=C\CC)OC(=O)CC/C=C\C/C=C\C/C=C\C/C=C\C/C=C\C/C=C\CC. The molecule has 6 nitrogen and oxygen atoms in total. The summed E-state index contributed by atoms with van der Waals surface area (Å²) in [7, 11) is 0. The Kier molecular flexibility index (Phi) is 60.7. The van der Waals surface area contributed by atoms with Crippen LogP contribution in [0.15, 0.2) is 231 Å². The first-order chi connectivity index (χ1) is 40.0. The molecule has 0 N–H and O–H groups in total. The molecule has 0 aromatic heterocycles. The summed E-state index contributed by atoms with van der Waals surface area (Å²) in [4.78, 5) is 38.2. The van der Waals surface area contributed by atoms with Crippen molar-refractivity contribution in [3.8, 4) is 0 Å². The van der Waals surface area contributed by atoms with Gasteiger partial charge in [-0.15, -0.1) is 0 Å². The maximum absolute atomic E-state index is 12.9. The second kappa shape index (κ2) is 66.0. The van der Waals surface area contributed by atoms with Gasteiger partial charge >= 0.3 is 17.9 Å². The molecular weight excluding hydrogens is 997 g/mol.